The molecule has 0 atom stereocenters. The van der Waals surface area contributed by atoms with E-state index in [1.54, 1.807) is 0 Å². The fraction of sp³-hybridized carbons (Fsp3) is 0. The highest BCUT2D eigenvalue weighted by Gasteiger charge is 2.16. The minimum atomic E-state index is -1.36. The Morgan fingerprint density at radius 3 is 2.27 bits per heavy atom. The van der Waals surface area contributed by atoms with Gasteiger partial charge in [-0.25, -0.2) is 4.39 Å². The molecule has 0 aliphatic rings. The normalized spacial score (nSPS) is 10.3. The van der Waals surface area contributed by atoms with Gasteiger partial charge in [0.15, 0.2) is 5.82 Å². The summed E-state index contributed by atoms with van der Waals surface area (Å²) in [7, 11) is 0. The van der Waals surface area contributed by atoms with E-state index in [9.17, 15) is 13.2 Å². The molecular weight excluding hydrogens is 246 g/mol. The quantitative estimate of drug-likeness (QED) is 0.641. The molecule has 0 radical (unpaired) electrons. The van der Waals surface area contributed by atoms with E-state index in [1.165, 1.54) is 0 Å². The van der Waals surface area contributed by atoms with Crippen LogP contribution in [0.1, 0.15) is 0 Å². The van der Waals surface area contributed by atoms with E-state index in [-0.39, 0.29) is 0 Å². The van der Waals surface area contributed by atoms with Crippen LogP contribution in [0, 0.1) is 17.7 Å². The van der Waals surface area contributed by atoms with Crippen LogP contribution in [0.3, 0.4) is 0 Å². The molecule has 1 rings (SSSR count). The van der Waals surface area contributed by atoms with Crippen molar-refractivity contribution in [3.05, 3.63) is 27.2 Å². The number of pyridine rings is 1. The van der Waals surface area contributed by atoms with Crippen molar-refractivity contribution in [2.75, 3.05) is 0 Å². The van der Waals surface area contributed by atoms with Gasteiger partial charge in [0.05, 0.1) is 0 Å². The summed E-state index contributed by atoms with van der Waals surface area (Å²) in [5.74, 6) is -3.80. The van der Waals surface area contributed by atoms with E-state index in [0.717, 1.165) is 0 Å². The smallest absolute Gasteiger partial charge is 0.204 e. The van der Waals surface area contributed by atoms with Crippen molar-refractivity contribution >= 4 is 27.5 Å². The van der Waals surface area contributed by atoms with Crippen molar-refractivity contribution in [2.45, 2.75) is 0 Å². The summed E-state index contributed by atoms with van der Waals surface area (Å²) < 4.78 is 36.6. The molecule has 0 unspecified atom stereocenters. The Balaban J connectivity index is 3.46. The van der Waals surface area contributed by atoms with Gasteiger partial charge in [0.25, 0.3) is 0 Å². The SMILES string of the molecule is Fc1nc(F)c(Br)c(F)c1Cl. The molecule has 11 heavy (non-hydrogen) atoms. The first-order valence-corrected chi connectivity index (χ1v) is 3.56. The number of nitrogens with zero attached hydrogens (tertiary/aromatic N) is 1. The Morgan fingerprint density at radius 2 is 1.73 bits per heavy atom. The summed E-state index contributed by atoms with van der Waals surface area (Å²) in [4.78, 5) is 2.68. The lowest BCUT2D eigenvalue weighted by Gasteiger charge is -1.98. The molecule has 0 saturated carbocycles. The van der Waals surface area contributed by atoms with Crippen LogP contribution in [0.2, 0.25) is 5.02 Å². The van der Waals surface area contributed by atoms with Crippen LogP contribution >= 0.6 is 27.5 Å². The molecule has 0 saturated heterocycles. The lowest BCUT2D eigenvalue weighted by atomic mass is 10.4. The fourth-order valence-corrected chi connectivity index (χ4v) is 1.000. The van der Waals surface area contributed by atoms with Crippen molar-refractivity contribution in [3.8, 4) is 0 Å². The highest BCUT2D eigenvalue weighted by atomic mass is 79.9. The standard InChI is InChI=1S/C5BrClF3N/c6-1-3(8)2(7)5(10)11-4(1)9. The zero-order chi connectivity index (χ0) is 8.59. The molecule has 0 bridgehead atoms. The fourth-order valence-electron chi connectivity index (χ4n) is 0.462. The Labute approximate surface area is 73.3 Å². The molecule has 6 heteroatoms. The van der Waals surface area contributed by atoms with Gasteiger partial charge in [0.2, 0.25) is 11.9 Å². The van der Waals surface area contributed by atoms with E-state index in [2.05, 4.69) is 20.9 Å². The van der Waals surface area contributed by atoms with Crippen molar-refractivity contribution in [3.63, 3.8) is 0 Å². The number of hydrogen-bond acceptors (Lipinski definition) is 1. The Hall–Kier alpha value is -0.290. The van der Waals surface area contributed by atoms with Crippen molar-refractivity contribution < 1.29 is 13.2 Å². The average molecular weight is 246 g/mol. The molecule has 0 amide bonds. The van der Waals surface area contributed by atoms with Gasteiger partial charge in [-0.1, -0.05) is 11.6 Å². The second-order valence-corrected chi connectivity index (χ2v) is 2.81. The van der Waals surface area contributed by atoms with Crippen molar-refractivity contribution in [2.24, 2.45) is 0 Å². The van der Waals surface area contributed by atoms with Crippen LogP contribution in [-0.4, -0.2) is 4.98 Å². The van der Waals surface area contributed by atoms with Crippen molar-refractivity contribution in [1.29, 1.82) is 0 Å². The number of aromatic nitrogens is 1. The van der Waals surface area contributed by atoms with Crippen LogP contribution in [0.4, 0.5) is 13.2 Å². The predicted molar refractivity (Wildman–Crippen MR) is 36.8 cm³/mol. The van der Waals surface area contributed by atoms with Crippen LogP contribution in [0.5, 0.6) is 0 Å². The Morgan fingerprint density at radius 1 is 1.18 bits per heavy atom. The minimum Gasteiger partial charge on any atom is -0.204 e. The monoisotopic (exact) mass is 245 g/mol. The summed E-state index contributed by atoms with van der Waals surface area (Å²) in [6, 6.07) is 0. The van der Waals surface area contributed by atoms with Gasteiger partial charge in [0, 0.05) is 0 Å². The lowest BCUT2D eigenvalue weighted by molar-refractivity contribution is 0.481. The summed E-state index contributed by atoms with van der Waals surface area (Å²) in [6.45, 7) is 0. The third-order valence-electron chi connectivity index (χ3n) is 0.944. The molecule has 0 aliphatic carbocycles. The maximum absolute atomic E-state index is 12.6. The summed E-state index contributed by atoms with van der Waals surface area (Å²) >= 11 is 7.55. The molecule has 0 fully saturated rings. The molecule has 0 N–H and O–H groups in total. The van der Waals surface area contributed by atoms with Crippen molar-refractivity contribution in [1.82, 2.24) is 4.98 Å². The van der Waals surface area contributed by atoms with E-state index in [4.69, 9.17) is 11.6 Å². The molecular formula is C5BrClF3N. The predicted octanol–water partition coefficient (Wildman–Crippen LogP) is 2.91. The van der Waals surface area contributed by atoms with Gasteiger partial charge in [-0.3, -0.25) is 0 Å². The van der Waals surface area contributed by atoms with Gasteiger partial charge < -0.3 is 0 Å². The molecule has 0 spiro atoms. The maximum atomic E-state index is 12.6. The molecule has 1 aromatic heterocycles. The van der Waals surface area contributed by atoms with Gasteiger partial charge in [-0.15, -0.1) is 0 Å². The summed E-state index contributed by atoms with van der Waals surface area (Å²) in [5, 5.41) is -0.821. The first-order valence-electron chi connectivity index (χ1n) is 2.39. The highest BCUT2D eigenvalue weighted by Crippen LogP contribution is 2.25. The highest BCUT2D eigenvalue weighted by molar-refractivity contribution is 9.10. The Bertz CT molecular complexity index is 278. The largest absolute Gasteiger partial charge is 0.237 e. The summed E-state index contributed by atoms with van der Waals surface area (Å²) in [6.07, 6.45) is 0. The van der Waals surface area contributed by atoms with E-state index >= 15 is 0 Å². The number of halogens is 5. The molecule has 1 nitrogen and oxygen atoms in total. The molecule has 0 aromatic carbocycles. The van der Waals surface area contributed by atoms with E-state index in [1.807, 2.05) is 0 Å². The number of rotatable bonds is 0. The van der Waals surface area contributed by atoms with Gasteiger partial charge in [-0.05, 0) is 15.9 Å². The Kier molecular flexibility index (Phi) is 2.39. The second-order valence-electron chi connectivity index (χ2n) is 1.64. The maximum Gasteiger partial charge on any atom is 0.237 e. The molecule has 0 aliphatic heterocycles. The first kappa shape index (κ1) is 8.80. The molecule has 1 heterocycles. The zero-order valence-electron chi connectivity index (χ0n) is 4.84. The lowest BCUT2D eigenvalue weighted by Crippen LogP contribution is -1.95. The van der Waals surface area contributed by atoms with Crippen LogP contribution in [-0.2, 0) is 0 Å². The van der Waals surface area contributed by atoms with E-state index < -0.39 is 27.2 Å². The average Bonchev–Trinajstić information content (AvgIpc) is 1.97. The van der Waals surface area contributed by atoms with Crippen LogP contribution in [0.25, 0.3) is 0 Å². The van der Waals surface area contributed by atoms with Crippen LogP contribution < -0.4 is 0 Å². The van der Waals surface area contributed by atoms with Gasteiger partial charge in [0.1, 0.15) is 9.50 Å². The third-order valence-corrected chi connectivity index (χ3v) is 1.94. The topological polar surface area (TPSA) is 12.9 Å². The van der Waals surface area contributed by atoms with Crippen LogP contribution in [0.15, 0.2) is 4.47 Å². The van der Waals surface area contributed by atoms with Gasteiger partial charge in [-0.2, -0.15) is 13.8 Å². The third kappa shape index (κ3) is 1.49. The second kappa shape index (κ2) is 2.98. The molecule has 60 valence electrons. The number of hydrogen-bond donors (Lipinski definition) is 0. The molecule has 1 aromatic rings. The zero-order valence-corrected chi connectivity index (χ0v) is 7.18. The summed E-state index contributed by atoms with van der Waals surface area (Å²) in [5.41, 5.74) is 0. The van der Waals surface area contributed by atoms with E-state index in [0.29, 0.717) is 0 Å². The minimum absolute atomic E-state index is 0.566. The van der Waals surface area contributed by atoms with Gasteiger partial charge >= 0.3 is 0 Å². The first-order chi connectivity index (χ1) is 5.04.